The Labute approximate surface area is 108 Å². The van der Waals surface area contributed by atoms with Crippen LogP contribution in [0.3, 0.4) is 0 Å². The second kappa shape index (κ2) is 4.82. The lowest BCUT2D eigenvalue weighted by molar-refractivity contribution is 0.0994. The van der Waals surface area contributed by atoms with E-state index in [9.17, 15) is 4.79 Å². The van der Waals surface area contributed by atoms with Gasteiger partial charge in [0.1, 0.15) is 0 Å². The second-order valence-corrected chi connectivity index (χ2v) is 5.49. The summed E-state index contributed by atoms with van der Waals surface area (Å²) in [4.78, 5) is 16.5. The normalized spacial score (nSPS) is 21.3. The Morgan fingerprint density at radius 3 is 2.67 bits per heavy atom. The van der Waals surface area contributed by atoms with Crippen molar-refractivity contribution in [1.29, 1.82) is 0 Å². The molecule has 0 spiro atoms. The highest BCUT2D eigenvalue weighted by molar-refractivity contribution is 6.00. The van der Waals surface area contributed by atoms with Gasteiger partial charge in [0.05, 0.1) is 0 Å². The molecule has 0 radical (unpaired) electrons. The number of Topliss-reactive ketones (excluding diaryl/α,β-unsaturated/α-hetero) is 1. The highest BCUT2D eigenvalue weighted by Crippen LogP contribution is 2.23. The van der Waals surface area contributed by atoms with Gasteiger partial charge in [-0.2, -0.15) is 0 Å². The van der Waals surface area contributed by atoms with Gasteiger partial charge in [-0.05, 0) is 24.6 Å². The summed E-state index contributed by atoms with van der Waals surface area (Å²) in [5, 5.41) is 0. The van der Waals surface area contributed by atoms with Crippen molar-refractivity contribution in [2.24, 2.45) is 0 Å². The molecular weight excluding hydrogens is 224 g/mol. The van der Waals surface area contributed by atoms with E-state index in [1.54, 1.807) is 0 Å². The van der Waals surface area contributed by atoms with Gasteiger partial charge in [-0.15, -0.1) is 0 Å². The number of carbonyl (C=O) groups is 1. The summed E-state index contributed by atoms with van der Waals surface area (Å²) in [6.45, 7) is 5.63. The fourth-order valence-electron chi connectivity index (χ4n) is 2.87. The van der Waals surface area contributed by atoms with Crippen LogP contribution >= 0.6 is 0 Å². The minimum Gasteiger partial charge on any atom is -0.304 e. The number of rotatable bonds is 2. The molecule has 1 aliphatic carbocycles. The summed E-state index contributed by atoms with van der Waals surface area (Å²) >= 11 is 0. The fraction of sp³-hybridized carbons (Fsp3) is 0.533. The molecule has 0 atom stereocenters. The van der Waals surface area contributed by atoms with Crippen LogP contribution in [0.25, 0.3) is 0 Å². The Balaban J connectivity index is 1.69. The lowest BCUT2D eigenvalue weighted by atomic mass is 10.1. The maximum atomic E-state index is 11.6. The molecule has 0 aromatic heterocycles. The van der Waals surface area contributed by atoms with Gasteiger partial charge in [0.25, 0.3) is 0 Å². The molecule has 0 N–H and O–H groups in total. The standard InChI is InChI=1S/C15H20N2O/c1-16-6-8-17(9-7-16)11-12-2-4-14-13(10-12)3-5-15(14)18/h2,4,10H,3,5-9,11H2,1H3. The zero-order valence-electron chi connectivity index (χ0n) is 11.0. The second-order valence-electron chi connectivity index (χ2n) is 5.49. The highest BCUT2D eigenvalue weighted by Gasteiger charge is 2.20. The van der Waals surface area contributed by atoms with Crippen LogP contribution in [0.5, 0.6) is 0 Å². The Hall–Kier alpha value is -1.19. The minimum atomic E-state index is 0.316. The highest BCUT2D eigenvalue weighted by atomic mass is 16.1. The predicted octanol–water partition coefficient (Wildman–Crippen LogP) is 1.56. The van der Waals surface area contributed by atoms with E-state index >= 15 is 0 Å². The third-order valence-corrected chi connectivity index (χ3v) is 4.09. The number of hydrogen-bond donors (Lipinski definition) is 0. The molecule has 2 aliphatic rings. The molecule has 0 amide bonds. The molecule has 1 aromatic rings. The summed E-state index contributed by atoms with van der Waals surface area (Å²) < 4.78 is 0. The molecule has 0 saturated carbocycles. The molecule has 18 heavy (non-hydrogen) atoms. The number of hydrogen-bond acceptors (Lipinski definition) is 3. The van der Waals surface area contributed by atoms with Gasteiger partial charge in [-0.1, -0.05) is 18.2 Å². The van der Waals surface area contributed by atoms with Crippen LogP contribution in [0.2, 0.25) is 0 Å². The van der Waals surface area contributed by atoms with Crippen molar-refractivity contribution < 1.29 is 4.79 Å². The summed E-state index contributed by atoms with van der Waals surface area (Å²) in [7, 11) is 2.18. The van der Waals surface area contributed by atoms with Gasteiger partial charge in [0.2, 0.25) is 0 Å². The Bertz CT molecular complexity index is 462. The van der Waals surface area contributed by atoms with Crippen molar-refractivity contribution in [2.45, 2.75) is 19.4 Å². The van der Waals surface area contributed by atoms with Crippen LogP contribution in [0.1, 0.15) is 27.9 Å². The van der Waals surface area contributed by atoms with Crippen molar-refractivity contribution in [3.63, 3.8) is 0 Å². The SMILES string of the molecule is CN1CCN(Cc2ccc3c(c2)CCC3=O)CC1. The van der Waals surface area contributed by atoms with Gasteiger partial charge in [-0.25, -0.2) is 0 Å². The molecule has 0 bridgehead atoms. The third-order valence-electron chi connectivity index (χ3n) is 4.09. The number of aryl methyl sites for hydroxylation is 1. The first-order valence-electron chi connectivity index (χ1n) is 6.78. The number of likely N-dealkylation sites (N-methyl/N-ethyl adjacent to an activating group) is 1. The molecule has 96 valence electrons. The summed E-state index contributed by atoms with van der Waals surface area (Å²) in [5.41, 5.74) is 3.57. The average Bonchev–Trinajstić information content (AvgIpc) is 2.74. The molecule has 1 aliphatic heterocycles. The molecule has 0 unspecified atom stereocenters. The topological polar surface area (TPSA) is 23.6 Å². The largest absolute Gasteiger partial charge is 0.304 e. The maximum absolute atomic E-state index is 11.6. The van der Waals surface area contributed by atoms with Crippen molar-refractivity contribution >= 4 is 5.78 Å². The van der Waals surface area contributed by atoms with Gasteiger partial charge >= 0.3 is 0 Å². The minimum absolute atomic E-state index is 0.316. The first-order valence-corrected chi connectivity index (χ1v) is 6.78. The summed E-state index contributed by atoms with van der Waals surface area (Å²) in [6.07, 6.45) is 1.64. The Morgan fingerprint density at radius 2 is 1.89 bits per heavy atom. The number of ketones is 1. The van der Waals surface area contributed by atoms with Gasteiger partial charge in [0, 0.05) is 44.7 Å². The van der Waals surface area contributed by atoms with Crippen molar-refractivity contribution in [1.82, 2.24) is 9.80 Å². The summed E-state index contributed by atoms with van der Waals surface area (Å²) in [6, 6.07) is 6.38. The van der Waals surface area contributed by atoms with E-state index in [0.717, 1.165) is 44.7 Å². The fourth-order valence-corrected chi connectivity index (χ4v) is 2.87. The Kier molecular flexibility index (Phi) is 3.18. The van der Waals surface area contributed by atoms with E-state index in [2.05, 4.69) is 29.0 Å². The van der Waals surface area contributed by atoms with E-state index in [-0.39, 0.29) is 0 Å². The van der Waals surface area contributed by atoms with Crippen molar-refractivity contribution in [3.05, 3.63) is 34.9 Å². The molecule has 1 fully saturated rings. The van der Waals surface area contributed by atoms with Gasteiger partial charge < -0.3 is 4.90 Å². The average molecular weight is 244 g/mol. The van der Waals surface area contributed by atoms with E-state index < -0.39 is 0 Å². The van der Waals surface area contributed by atoms with Crippen LogP contribution in [0, 0.1) is 0 Å². The van der Waals surface area contributed by atoms with Crippen molar-refractivity contribution in [3.8, 4) is 0 Å². The monoisotopic (exact) mass is 244 g/mol. The smallest absolute Gasteiger partial charge is 0.163 e. The number of fused-ring (bicyclic) bond motifs is 1. The zero-order valence-corrected chi connectivity index (χ0v) is 11.0. The first-order chi connectivity index (χ1) is 8.72. The summed E-state index contributed by atoms with van der Waals surface area (Å²) in [5.74, 6) is 0.316. The molecule has 3 nitrogen and oxygen atoms in total. The molecule has 3 heteroatoms. The van der Waals surface area contributed by atoms with Gasteiger partial charge in [0.15, 0.2) is 5.78 Å². The predicted molar refractivity (Wildman–Crippen MR) is 71.9 cm³/mol. The number of nitrogens with zero attached hydrogens (tertiary/aromatic N) is 2. The van der Waals surface area contributed by atoms with E-state index in [1.807, 2.05) is 6.07 Å². The van der Waals surface area contributed by atoms with E-state index in [1.165, 1.54) is 11.1 Å². The van der Waals surface area contributed by atoms with Crippen LogP contribution in [0.15, 0.2) is 18.2 Å². The molecule has 3 rings (SSSR count). The first kappa shape index (κ1) is 11.9. The quantitative estimate of drug-likeness (QED) is 0.789. The lowest BCUT2D eigenvalue weighted by Gasteiger charge is -2.32. The lowest BCUT2D eigenvalue weighted by Crippen LogP contribution is -2.43. The van der Waals surface area contributed by atoms with E-state index in [0.29, 0.717) is 12.2 Å². The van der Waals surface area contributed by atoms with Crippen LogP contribution < -0.4 is 0 Å². The third kappa shape index (κ3) is 2.33. The van der Waals surface area contributed by atoms with Crippen LogP contribution in [0.4, 0.5) is 0 Å². The number of piperazine rings is 1. The van der Waals surface area contributed by atoms with Crippen molar-refractivity contribution in [2.75, 3.05) is 33.2 Å². The zero-order chi connectivity index (χ0) is 12.5. The van der Waals surface area contributed by atoms with Crippen LogP contribution in [-0.2, 0) is 13.0 Å². The molecular formula is C15H20N2O. The van der Waals surface area contributed by atoms with Crippen LogP contribution in [-0.4, -0.2) is 48.8 Å². The maximum Gasteiger partial charge on any atom is 0.163 e. The molecule has 1 saturated heterocycles. The molecule has 1 aromatic carbocycles. The number of carbonyl (C=O) groups excluding carboxylic acids is 1. The molecule has 1 heterocycles. The Morgan fingerprint density at radius 1 is 1.11 bits per heavy atom. The number of benzene rings is 1. The van der Waals surface area contributed by atoms with Gasteiger partial charge in [-0.3, -0.25) is 9.69 Å². The van der Waals surface area contributed by atoms with E-state index in [4.69, 9.17) is 0 Å².